The monoisotopic (exact) mass is 538 g/mol. The van der Waals surface area contributed by atoms with Gasteiger partial charge in [0.25, 0.3) is 0 Å². The van der Waals surface area contributed by atoms with Crippen LogP contribution < -0.4 is 14.2 Å². The lowest BCUT2D eigenvalue weighted by molar-refractivity contribution is -0.274. The second-order valence-corrected chi connectivity index (χ2v) is 9.20. The predicted molar refractivity (Wildman–Crippen MR) is 138 cm³/mol. The van der Waals surface area contributed by atoms with E-state index >= 15 is 0 Å². The van der Waals surface area contributed by atoms with Crippen LogP contribution in [-0.4, -0.2) is 69.3 Å². The molecule has 1 atom stereocenters. The average molecular weight is 539 g/mol. The summed E-state index contributed by atoms with van der Waals surface area (Å²) in [6, 6.07) is 10.1. The number of halogens is 3. The standard InChI is InChI=1S/C17H24N2O4.C11H13F3O/c1-12-16-13(10-14(21-2)11-15(16)22-3)4-5-19(12)17(20)18-6-8-23-9-7-18;1-2-3-5-9-6-4-7-10(8-9)15-11(12,13)14/h10-12H,4-9H2,1-3H3;4,6-8H,2-3,5H2,1H3. The van der Waals surface area contributed by atoms with Crippen molar-refractivity contribution in [2.45, 2.75) is 51.9 Å². The number of benzene rings is 2. The number of carbonyl (C=O) groups is 1. The molecule has 0 spiro atoms. The average Bonchev–Trinajstić information content (AvgIpc) is 2.91. The Bertz CT molecular complexity index is 1040. The zero-order valence-electron chi connectivity index (χ0n) is 22.5. The molecule has 38 heavy (non-hydrogen) atoms. The molecule has 2 aromatic carbocycles. The molecule has 210 valence electrons. The maximum atomic E-state index is 12.8. The fraction of sp³-hybridized carbons (Fsp3) is 0.536. The number of aryl methyl sites for hydroxylation is 1. The third kappa shape index (κ3) is 7.93. The van der Waals surface area contributed by atoms with Crippen LogP contribution in [0.1, 0.15) is 49.4 Å². The Morgan fingerprint density at radius 2 is 1.79 bits per heavy atom. The molecule has 0 bridgehead atoms. The van der Waals surface area contributed by atoms with E-state index in [1.165, 1.54) is 17.7 Å². The molecule has 0 N–H and O–H groups in total. The van der Waals surface area contributed by atoms with Crippen molar-refractivity contribution in [1.29, 1.82) is 0 Å². The lowest BCUT2D eigenvalue weighted by Crippen LogP contribution is -2.50. The van der Waals surface area contributed by atoms with Gasteiger partial charge in [0.15, 0.2) is 0 Å². The quantitative estimate of drug-likeness (QED) is 0.451. The Balaban J connectivity index is 0.000000232. The number of amides is 2. The first kappa shape index (κ1) is 29.4. The fourth-order valence-electron chi connectivity index (χ4n) is 4.69. The molecule has 1 fully saturated rings. The van der Waals surface area contributed by atoms with Crippen molar-refractivity contribution in [3.05, 3.63) is 53.1 Å². The van der Waals surface area contributed by atoms with Crippen LogP contribution in [0.3, 0.4) is 0 Å². The second-order valence-electron chi connectivity index (χ2n) is 9.20. The number of hydrogen-bond acceptors (Lipinski definition) is 5. The zero-order valence-corrected chi connectivity index (χ0v) is 22.5. The largest absolute Gasteiger partial charge is 0.573 e. The number of morpholine rings is 1. The zero-order chi connectivity index (χ0) is 27.7. The van der Waals surface area contributed by atoms with Crippen molar-refractivity contribution in [2.75, 3.05) is 47.1 Å². The Morgan fingerprint density at radius 1 is 1.05 bits per heavy atom. The van der Waals surface area contributed by atoms with E-state index in [1.54, 1.807) is 26.4 Å². The van der Waals surface area contributed by atoms with E-state index in [9.17, 15) is 18.0 Å². The van der Waals surface area contributed by atoms with Gasteiger partial charge < -0.3 is 28.7 Å². The first-order chi connectivity index (χ1) is 18.2. The highest BCUT2D eigenvalue weighted by Crippen LogP contribution is 2.39. The van der Waals surface area contributed by atoms with E-state index in [2.05, 4.69) is 11.7 Å². The topological polar surface area (TPSA) is 60.5 Å². The van der Waals surface area contributed by atoms with Crippen LogP contribution in [0.15, 0.2) is 36.4 Å². The van der Waals surface area contributed by atoms with Crippen molar-refractivity contribution >= 4 is 6.03 Å². The molecule has 7 nitrogen and oxygen atoms in total. The summed E-state index contributed by atoms with van der Waals surface area (Å²) in [6.45, 7) is 7.36. The molecular weight excluding hydrogens is 501 g/mol. The van der Waals surface area contributed by atoms with Crippen LogP contribution in [0.5, 0.6) is 17.2 Å². The summed E-state index contributed by atoms with van der Waals surface area (Å²) in [6.07, 6.45) is -1.03. The third-order valence-corrected chi connectivity index (χ3v) is 6.64. The summed E-state index contributed by atoms with van der Waals surface area (Å²) < 4.78 is 55.8. The van der Waals surface area contributed by atoms with Crippen molar-refractivity contribution in [3.8, 4) is 17.2 Å². The number of hydrogen-bond donors (Lipinski definition) is 0. The summed E-state index contributed by atoms with van der Waals surface area (Å²) in [5.41, 5.74) is 3.15. The van der Waals surface area contributed by atoms with Crippen molar-refractivity contribution < 1.29 is 36.9 Å². The fourth-order valence-corrected chi connectivity index (χ4v) is 4.69. The molecule has 0 aliphatic carbocycles. The molecule has 2 aliphatic heterocycles. The highest BCUT2D eigenvalue weighted by molar-refractivity contribution is 5.76. The van der Waals surface area contributed by atoms with Crippen LogP contribution in [0, 0.1) is 0 Å². The molecule has 2 heterocycles. The second kappa shape index (κ2) is 13.6. The number of rotatable bonds is 6. The molecule has 4 rings (SSSR count). The molecule has 0 radical (unpaired) electrons. The van der Waals surface area contributed by atoms with Gasteiger partial charge in [-0.2, -0.15) is 0 Å². The Morgan fingerprint density at radius 3 is 2.42 bits per heavy atom. The molecule has 10 heteroatoms. The first-order valence-electron chi connectivity index (χ1n) is 12.9. The van der Waals surface area contributed by atoms with E-state index < -0.39 is 6.36 Å². The molecule has 0 saturated carbocycles. The normalized spacial score (nSPS) is 17.2. The van der Waals surface area contributed by atoms with Gasteiger partial charge in [-0.05, 0) is 55.5 Å². The summed E-state index contributed by atoms with van der Waals surface area (Å²) in [7, 11) is 3.31. The van der Waals surface area contributed by atoms with Gasteiger partial charge in [0.2, 0.25) is 0 Å². The van der Waals surface area contributed by atoms with Crippen molar-refractivity contribution in [2.24, 2.45) is 0 Å². The lowest BCUT2D eigenvalue weighted by atomic mass is 9.92. The molecule has 0 aromatic heterocycles. The lowest BCUT2D eigenvalue weighted by Gasteiger charge is -2.40. The summed E-state index contributed by atoms with van der Waals surface area (Å²) in [4.78, 5) is 16.6. The number of ether oxygens (including phenoxy) is 4. The molecule has 1 saturated heterocycles. The van der Waals surface area contributed by atoms with E-state index in [4.69, 9.17) is 14.2 Å². The molecule has 2 aromatic rings. The van der Waals surface area contributed by atoms with E-state index in [1.807, 2.05) is 28.9 Å². The number of alkyl halides is 3. The number of carbonyl (C=O) groups excluding carboxylic acids is 1. The van der Waals surface area contributed by atoms with Gasteiger partial charge in [-0.1, -0.05) is 25.5 Å². The number of unbranched alkanes of at least 4 members (excludes halogenated alkanes) is 1. The van der Waals surface area contributed by atoms with Gasteiger partial charge in [-0.15, -0.1) is 13.2 Å². The summed E-state index contributed by atoms with van der Waals surface area (Å²) >= 11 is 0. The Labute approximate surface area is 222 Å². The number of methoxy groups -OCH3 is 2. The van der Waals surface area contributed by atoms with E-state index in [-0.39, 0.29) is 17.8 Å². The SMILES string of the molecule is CCCCc1cccc(OC(F)(F)F)c1.COc1cc2c(c(OC)c1)C(C)N(C(=O)N1CCOCC1)CC2. The van der Waals surface area contributed by atoms with Crippen molar-refractivity contribution in [3.63, 3.8) is 0 Å². The van der Waals surface area contributed by atoms with Gasteiger partial charge in [0.1, 0.15) is 17.2 Å². The first-order valence-corrected chi connectivity index (χ1v) is 12.9. The minimum atomic E-state index is -4.61. The Kier molecular flexibility index (Phi) is 10.5. The maximum Gasteiger partial charge on any atom is 0.573 e. The van der Waals surface area contributed by atoms with Crippen molar-refractivity contribution in [1.82, 2.24) is 9.80 Å². The number of nitrogens with zero attached hydrogens (tertiary/aromatic N) is 2. The predicted octanol–water partition coefficient (Wildman–Crippen LogP) is 6.00. The molecule has 2 aliphatic rings. The highest BCUT2D eigenvalue weighted by atomic mass is 19.4. The number of fused-ring (bicyclic) bond motifs is 1. The number of urea groups is 1. The van der Waals surface area contributed by atoms with E-state index in [0.717, 1.165) is 48.3 Å². The molecule has 1 unspecified atom stereocenters. The minimum Gasteiger partial charge on any atom is -0.497 e. The summed E-state index contributed by atoms with van der Waals surface area (Å²) in [5, 5.41) is 0. The van der Waals surface area contributed by atoms with Crippen LogP contribution in [0.25, 0.3) is 0 Å². The van der Waals surface area contributed by atoms with Crippen LogP contribution in [0.2, 0.25) is 0 Å². The van der Waals surface area contributed by atoms with Crippen LogP contribution in [0.4, 0.5) is 18.0 Å². The van der Waals surface area contributed by atoms with Gasteiger partial charge in [0, 0.05) is 31.3 Å². The van der Waals surface area contributed by atoms with Gasteiger partial charge in [0.05, 0.1) is 33.5 Å². The van der Waals surface area contributed by atoms with Gasteiger partial charge in [-0.25, -0.2) is 4.79 Å². The third-order valence-electron chi connectivity index (χ3n) is 6.64. The Hall–Kier alpha value is -3.14. The highest BCUT2D eigenvalue weighted by Gasteiger charge is 2.34. The molecular formula is C28H37F3N2O5. The van der Waals surface area contributed by atoms with Crippen LogP contribution >= 0.6 is 0 Å². The van der Waals surface area contributed by atoms with Gasteiger partial charge in [-0.3, -0.25) is 0 Å². The van der Waals surface area contributed by atoms with Crippen LogP contribution in [-0.2, 0) is 17.6 Å². The molecule has 2 amide bonds. The minimum absolute atomic E-state index is 0.0186. The van der Waals surface area contributed by atoms with Gasteiger partial charge >= 0.3 is 12.4 Å². The maximum absolute atomic E-state index is 12.8. The van der Waals surface area contributed by atoms with E-state index in [0.29, 0.717) is 32.8 Å². The summed E-state index contributed by atoms with van der Waals surface area (Å²) in [5.74, 6) is 1.43. The smallest absolute Gasteiger partial charge is 0.497 e.